The van der Waals surface area contributed by atoms with Crippen molar-refractivity contribution in [2.45, 2.75) is 27.2 Å². The molecule has 0 radical (unpaired) electrons. The fraction of sp³-hybridized carbons (Fsp3) is 0.700. The molecule has 0 spiro atoms. The zero-order valence-electron chi connectivity index (χ0n) is 9.92. The van der Waals surface area contributed by atoms with Crippen molar-refractivity contribution in [3.8, 4) is 0 Å². The van der Waals surface area contributed by atoms with Gasteiger partial charge in [0.2, 0.25) is 17.2 Å². The molecular formula is C10H18ClN5. The summed E-state index contributed by atoms with van der Waals surface area (Å²) >= 11 is 5.78. The van der Waals surface area contributed by atoms with Gasteiger partial charge in [-0.2, -0.15) is 15.0 Å². The first-order chi connectivity index (χ1) is 7.61. The van der Waals surface area contributed by atoms with Gasteiger partial charge in [0.05, 0.1) is 0 Å². The third-order valence-electron chi connectivity index (χ3n) is 1.95. The first-order valence-corrected chi connectivity index (χ1v) is 5.89. The summed E-state index contributed by atoms with van der Waals surface area (Å²) in [7, 11) is 0. The predicted molar refractivity (Wildman–Crippen MR) is 66.9 cm³/mol. The van der Waals surface area contributed by atoms with Crippen molar-refractivity contribution in [3.05, 3.63) is 5.28 Å². The smallest absolute Gasteiger partial charge is 0.228 e. The van der Waals surface area contributed by atoms with E-state index < -0.39 is 0 Å². The van der Waals surface area contributed by atoms with Gasteiger partial charge < -0.3 is 10.6 Å². The van der Waals surface area contributed by atoms with Crippen molar-refractivity contribution in [1.82, 2.24) is 15.0 Å². The first kappa shape index (κ1) is 13.0. The van der Waals surface area contributed by atoms with Gasteiger partial charge in [0.1, 0.15) is 0 Å². The lowest BCUT2D eigenvalue weighted by atomic mass is 10.1. The van der Waals surface area contributed by atoms with E-state index in [1.165, 1.54) is 0 Å². The summed E-state index contributed by atoms with van der Waals surface area (Å²) in [5.74, 6) is 1.68. The molecule has 0 bridgehead atoms. The predicted octanol–water partition coefficient (Wildman–Crippen LogP) is 2.41. The Kier molecular flexibility index (Phi) is 5.25. The quantitative estimate of drug-likeness (QED) is 0.804. The molecule has 90 valence electrons. The highest BCUT2D eigenvalue weighted by Gasteiger charge is 2.03. The lowest BCUT2D eigenvalue weighted by Gasteiger charge is -2.08. The normalized spacial score (nSPS) is 10.6. The molecule has 5 nitrogen and oxygen atoms in total. The van der Waals surface area contributed by atoms with Gasteiger partial charge in [-0.25, -0.2) is 0 Å². The van der Waals surface area contributed by atoms with Gasteiger partial charge in [0, 0.05) is 13.1 Å². The average Bonchev–Trinajstić information content (AvgIpc) is 2.16. The van der Waals surface area contributed by atoms with Crippen LogP contribution in [0.15, 0.2) is 0 Å². The molecule has 1 heterocycles. The van der Waals surface area contributed by atoms with Gasteiger partial charge in [0.15, 0.2) is 0 Å². The number of nitrogens with zero attached hydrogens (tertiary/aromatic N) is 3. The maximum absolute atomic E-state index is 5.78. The lowest BCUT2D eigenvalue weighted by Crippen LogP contribution is -2.11. The van der Waals surface area contributed by atoms with Crippen LogP contribution in [0, 0.1) is 5.92 Å². The van der Waals surface area contributed by atoms with Crippen molar-refractivity contribution < 1.29 is 0 Å². The van der Waals surface area contributed by atoms with E-state index >= 15 is 0 Å². The molecule has 16 heavy (non-hydrogen) atoms. The van der Waals surface area contributed by atoms with Crippen LogP contribution < -0.4 is 10.6 Å². The summed E-state index contributed by atoms with van der Waals surface area (Å²) in [6, 6.07) is 0. The Morgan fingerprint density at radius 2 is 1.75 bits per heavy atom. The number of halogens is 1. The second-order valence-corrected chi connectivity index (χ2v) is 4.23. The summed E-state index contributed by atoms with van der Waals surface area (Å²) in [5.41, 5.74) is 0. The highest BCUT2D eigenvalue weighted by atomic mass is 35.5. The second kappa shape index (κ2) is 6.48. The lowest BCUT2D eigenvalue weighted by molar-refractivity contribution is 0.606. The van der Waals surface area contributed by atoms with Crippen LogP contribution in [0.4, 0.5) is 11.9 Å². The Morgan fingerprint density at radius 1 is 1.12 bits per heavy atom. The van der Waals surface area contributed by atoms with Crippen molar-refractivity contribution in [2.75, 3.05) is 23.7 Å². The van der Waals surface area contributed by atoms with Crippen LogP contribution in [0.2, 0.25) is 5.28 Å². The number of anilines is 2. The van der Waals surface area contributed by atoms with Crippen LogP contribution in [0.25, 0.3) is 0 Å². The zero-order valence-corrected chi connectivity index (χ0v) is 10.7. The van der Waals surface area contributed by atoms with E-state index in [1.807, 2.05) is 6.92 Å². The van der Waals surface area contributed by atoms with E-state index in [4.69, 9.17) is 11.6 Å². The molecule has 0 aliphatic rings. The van der Waals surface area contributed by atoms with Gasteiger partial charge in [-0.1, -0.05) is 13.8 Å². The summed E-state index contributed by atoms with van der Waals surface area (Å²) in [6.07, 6.45) is 1.07. The molecule has 2 N–H and O–H groups in total. The molecule has 1 aromatic heterocycles. The van der Waals surface area contributed by atoms with E-state index in [0.717, 1.165) is 19.5 Å². The Morgan fingerprint density at radius 3 is 2.31 bits per heavy atom. The van der Waals surface area contributed by atoms with Crippen LogP contribution in [-0.4, -0.2) is 28.0 Å². The Hall–Kier alpha value is -1.10. The fourth-order valence-corrected chi connectivity index (χ4v) is 1.30. The molecule has 0 saturated heterocycles. The molecule has 1 aromatic rings. The molecule has 0 aliphatic heterocycles. The van der Waals surface area contributed by atoms with Crippen molar-refractivity contribution >= 4 is 23.5 Å². The highest BCUT2D eigenvalue weighted by Crippen LogP contribution is 2.09. The highest BCUT2D eigenvalue weighted by molar-refractivity contribution is 6.28. The largest absolute Gasteiger partial charge is 0.354 e. The number of hydrogen-bond acceptors (Lipinski definition) is 5. The number of hydrogen-bond donors (Lipinski definition) is 2. The first-order valence-electron chi connectivity index (χ1n) is 5.51. The third-order valence-corrected chi connectivity index (χ3v) is 2.12. The van der Waals surface area contributed by atoms with Crippen molar-refractivity contribution in [3.63, 3.8) is 0 Å². The van der Waals surface area contributed by atoms with E-state index in [2.05, 4.69) is 39.4 Å². The van der Waals surface area contributed by atoms with E-state index in [-0.39, 0.29) is 5.28 Å². The van der Waals surface area contributed by atoms with Gasteiger partial charge in [-0.05, 0) is 30.9 Å². The van der Waals surface area contributed by atoms with Crippen molar-refractivity contribution in [2.24, 2.45) is 5.92 Å². The van der Waals surface area contributed by atoms with Gasteiger partial charge >= 0.3 is 0 Å². The molecule has 0 aliphatic carbocycles. The minimum atomic E-state index is 0.206. The van der Waals surface area contributed by atoms with Crippen LogP contribution >= 0.6 is 11.6 Å². The number of nitrogens with one attached hydrogen (secondary N) is 2. The van der Waals surface area contributed by atoms with Crippen molar-refractivity contribution in [1.29, 1.82) is 0 Å². The Balaban J connectivity index is 2.58. The minimum absolute atomic E-state index is 0.206. The van der Waals surface area contributed by atoms with E-state index in [1.54, 1.807) is 0 Å². The maximum atomic E-state index is 5.78. The monoisotopic (exact) mass is 243 g/mol. The summed E-state index contributed by atoms with van der Waals surface area (Å²) < 4.78 is 0. The van der Waals surface area contributed by atoms with E-state index in [0.29, 0.717) is 17.8 Å². The molecule has 0 fully saturated rings. The molecule has 0 unspecified atom stereocenters. The summed E-state index contributed by atoms with van der Waals surface area (Å²) in [4.78, 5) is 12.2. The van der Waals surface area contributed by atoms with Gasteiger partial charge in [-0.15, -0.1) is 0 Å². The fourth-order valence-electron chi connectivity index (χ4n) is 1.14. The summed E-state index contributed by atoms with van der Waals surface area (Å²) in [6.45, 7) is 7.91. The van der Waals surface area contributed by atoms with Crippen LogP contribution in [0.1, 0.15) is 27.2 Å². The summed E-state index contributed by atoms with van der Waals surface area (Å²) in [5, 5.41) is 6.34. The average molecular weight is 244 g/mol. The van der Waals surface area contributed by atoms with Gasteiger partial charge in [-0.3, -0.25) is 0 Å². The molecule has 0 amide bonds. The van der Waals surface area contributed by atoms with E-state index in [9.17, 15) is 0 Å². The standard InChI is InChI=1S/C10H18ClN5/c1-4-12-9-14-8(11)15-10(16-9)13-6-5-7(2)3/h7H,4-6H2,1-3H3,(H2,12,13,14,15,16). The molecular weight excluding hydrogens is 226 g/mol. The third kappa shape index (κ3) is 4.61. The van der Waals surface area contributed by atoms with Crippen LogP contribution in [0.3, 0.4) is 0 Å². The Bertz CT molecular complexity index is 329. The molecule has 0 saturated carbocycles. The maximum Gasteiger partial charge on any atom is 0.228 e. The minimum Gasteiger partial charge on any atom is -0.354 e. The Labute approximate surface area is 101 Å². The molecule has 0 aromatic carbocycles. The van der Waals surface area contributed by atoms with Crippen LogP contribution in [0.5, 0.6) is 0 Å². The van der Waals surface area contributed by atoms with Crippen LogP contribution in [-0.2, 0) is 0 Å². The SMILES string of the molecule is CCNc1nc(Cl)nc(NCCC(C)C)n1. The molecule has 6 heteroatoms. The molecule has 0 atom stereocenters. The topological polar surface area (TPSA) is 62.7 Å². The number of aromatic nitrogens is 3. The molecule has 1 rings (SSSR count). The van der Waals surface area contributed by atoms with Gasteiger partial charge in [0.25, 0.3) is 0 Å². The zero-order chi connectivity index (χ0) is 12.0. The second-order valence-electron chi connectivity index (χ2n) is 3.89. The number of rotatable bonds is 6.